The molecule has 0 aromatic carbocycles. The van der Waals surface area contributed by atoms with Gasteiger partial charge in [-0.05, 0) is 12.8 Å². The van der Waals surface area contributed by atoms with Crippen molar-refractivity contribution in [1.29, 1.82) is 0 Å². The molecule has 0 radical (unpaired) electrons. The third-order valence-corrected chi connectivity index (χ3v) is 4.51. The first-order valence-corrected chi connectivity index (χ1v) is 9.67. The number of nitrogens with one attached hydrogen (secondary N) is 4. The molecular weight excluding hydrogens is 400 g/mol. The van der Waals surface area contributed by atoms with Crippen LogP contribution in [0.25, 0.3) is 0 Å². The van der Waals surface area contributed by atoms with Gasteiger partial charge in [0.15, 0.2) is 0 Å². The van der Waals surface area contributed by atoms with E-state index in [1.807, 2.05) is 0 Å². The molecule has 0 saturated carbocycles. The van der Waals surface area contributed by atoms with Gasteiger partial charge in [0, 0.05) is 24.1 Å². The van der Waals surface area contributed by atoms with Crippen LogP contribution >= 0.6 is 12.6 Å². The third kappa shape index (κ3) is 7.74. The molecule has 0 aliphatic carbocycles. The molecule has 29 heavy (non-hydrogen) atoms. The molecule has 0 saturated heterocycles. The number of carboxylic acids is 1. The number of rotatable bonds is 11. The number of thiol groups is 1. The zero-order valence-corrected chi connectivity index (χ0v) is 17.4. The van der Waals surface area contributed by atoms with Crippen LogP contribution < -0.4 is 21.7 Å². The third-order valence-electron chi connectivity index (χ3n) is 4.12. The van der Waals surface area contributed by atoms with Gasteiger partial charge in [0.2, 0.25) is 17.7 Å². The Morgan fingerprint density at radius 1 is 1.14 bits per heavy atom. The number of hydrogen-bond donors (Lipinski definition) is 7. The number of imidazole rings is 1. The van der Waals surface area contributed by atoms with Gasteiger partial charge in [0.1, 0.15) is 18.1 Å². The van der Waals surface area contributed by atoms with Crippen LogP contribution in [-0.2, 0) is 25.6 Å². The molecule has 12 heteroatoms. The van der Waals surface area contributed by atoms with E-state index in [1.165, 1.54) is 19.4 Å². The first-order valence-electron chi connectivity index (χ1n) is 9.04. The molecule has 11 nitrogen and oxygen atoms in total. The first-order chi connectivity index (χ1) is 13.6. The minimum atomic E-state index is -1.21. The lowest BCUT2D eigenvalue weighted by molar-refractivity contribution is -0.141. The Morgan fingerprint density at radius 2 is 1.79 bits per heavy atom. The highest BCUT2D eigenvalue weighted by Gasteiger charge is 2.31. The summed E-state index contributed by atoms with van der Waals surface area (Å²) >= 11 is 3.96. The Balaban J connectivity index is 2.95. The Kier molecular flexibility index (Phi) is 9.62. The smallest absolute Gasteiger partial charge is 0.325 e. The molecule has 1 aromatic rings. The zero-order chi connectivity index (χ0) is 22.1. The van der Waals surface area contributed by atoms with Gasteiger partial charge in [0.05, 0.1) is 12.4 Å². The van der Waals surface area contributed by atoms with Crippen LogP contribution in [-0.4, -0.2) is 68.7 Å². The second kappa shape index (κ2) is 11.4. The molecule has 0 bridgehead atoms. The topological polar surface area (TPSA) is 179 Å². The summed E-state index contributed by atoms with van der Waals surface area (Å²) in [5, 5.41) is 16.5. The standard InChI is InChI=1S/C17H28N6O5S/c1-8(2)13(23-14(24)11(18)6-29)16(26)22-12(4-10-5-19-7-20-10)15(25)21-9(3)17(27)28/h5,7-9,11-13,29H,4,6,18H2,1-3H3,(H,19,20)(H,21,25)(H,22,26)(H,23,24)(H,27,28). The minimum absolute atomic E-state index is 0.0544. The van der Waals surface area contributed by atoms with Gasteiger partial charge in [-0.25, -0.2) is 4.98 Å². The monoisotopic (exact) mass is 428 g/mol. The molecule has 4 atom stereocenters. The second-order valence-electron chi connectivity index (χ2n) is 6.93. The number of H-pyrrole nitrogens is 1. The highest BCUT2D eigenvalue weighted by Crippen LogP contribution is 2.06. The van der Waals surface area contributed by atoms with Crippen LogP contribution in [0.15, 0.2) is 12.5 Å². The number of aromatic nitrogens is 2. The molecule has 0 aliphatic rings. The minimum Gasteiger partial charge on any atom is -0.480 e. The summed E-state index contributed by atoms with van der Waals surface area (Å²) in [6, 6.07) is -4.05. The summed E-state index contributed by atoms with van der Waals surface area (Å²) in [6.45, 7) is 4.77. The molecule has 1 aromatic heterocycles. The average molecular weight is 429 g/mol. The summed E-state index contributed by atoms with van der Waals surface area (Å²) in [4.78, 5) is 55.1. The van der Waals surface area contributed by atoms with E-state index in [4.69, 9.17) is 10.8 Å². The van der Waals surface area contributed by atoms with Crippen LogP contribution in [0.4, 0.5) is 0 Å². The van der Waals surface area contributed by atoms with Crippen LogP contribution in [0.5, 0.6) is 0 Å². The average Bonchev–Trinajstić information content (AvgIpc) is 3.16. The van der Waals surface area contributed by atoms with Crippen molar-refractivity contribution in [1.82, 2.24) is 25.9 Å². The van der Waals surface area contributed by atoms with Crippen molar-refractivity contribution in [2.75, 3.05) is 5.75 Å². The molecule has 1 heterocycles. The number of amides is 3. The van der Waals surface area contributed by atoms with E-state index in [0.29, 0.717) is 5.69 Å². The zero-order valence-electron chi connectivity index (χ0n) is 16.5. The fourth-order valence-electron chi connectivity index (χ4n) is 2.34. The maximum atomic E-state index is 12.8. The fraction of sp³-hybridized carbons (Fsp3) is 0.588. The maximum Gasteiger partial charge on any atom is 0.325 e. The molecule has 0 spiro atoms. The number of hydrogen-bond acceptors (Lipinski definition) is 7. The number of aliphatic carboxylic acids is 1. The summed E-state index contributed by atoms with van der Waals surface area (Å²) < 4.78 is 0. The van der Waals surface area contributed by atoms with Crippen molar-refractivity contribution < 1.29 is 24.3 Å². The van der Waals surface area contributed by atoms with Gasteiger partial charge in [0.25, 0.3) is 0 Å². The highest BCUT2D eigenvalue weighted by atomic mass is 32.1. The maximum absolute atomic E-state index is 12.8. The summed E-state index contributed by atoms with van der Waals surface area (Å²) in [5.41, 5.74) is 6.20. The number of aromatic amines is 1. The number of nitrogens with two attached hydrogens (primary N) is 1. The Hall–Kier alpha value is -2.60. The van der Waals surface area contributed by atoms with Crippen LogP contribution in [0.1, 0.15) is 26.5 Å². The Bertz CT molecular complexity index is 711. The lowest BCUT2D eigenvalue weighted by Gasteiger charge is -2.26. The van der Waals surface area contributed by atoms with Gasteiger partial charge < -0.3 is 31.8 Å². The molecule has 7 N–H and O–H groups in total. The fourth-order valence-corrected chi connectivity index (χ4v) is 2.51. The van der Waals surface area contributed by atoms with E-state index < -0.39 is 47.9 Å². The number of nitrogens with zero attached hydrogens (tertiary/aromatic N) is 1. The summed E-state index contributed by atoms with van der Waals surface area (Å²) in [5.74, 6) is -3.21. The van der Waals surface area contributed by atoms with Crippen molar-refractivity contribution in [2.45, 2.75) is 51.4 Å². The van der Waals surface area contributed by atoms with Gasteiger partial charge in [-0.15, -0.1) is 0 Å². The van der Waals surface area contributed by atoms with Crippen molar-refractivity contribution in [2.24, 2.45) is 11.7 Å². The number of carbonyl (C=O) groups is 4. The van der Waals surface area contributed by atoms with Gasteiger partial charge in [-0.3, -0.25) is 19.2 Å². The SMILES string of the molecule is CC(NC(=O)C(Cc1cnc[nH]1)NC(=O)C(NC(=O)C(N)CS)C(C)C)C(=O)O. The molecule has 3 amide bonds. The molecule has 0 fully saturated rings. The molecule has 0 aliphatic heterocycles. The second-order valence-corrected chi connectivity index (χ2v) is 7.30. The van der Waals surface area contributed by atoms with Crippen LogP contribution in [0.3, 0.4) is 0 Å². The van der Waals surface area contributed by atoms with E-state index >= 15 is 0 Å². The van der Waals surface area contributed by atoms with Crippen molar-refractivity contribution in [3.63, 3.8) is 0 Å². The predicted octanol–water partition coefficient (Wildman–Crippen LogP) is -1.58. The van der Waals surface area contributed by atoms with Gasteiger partial charge in [-0.2, -0.15) is 12.6 Å². The molecular formula is C17H28N6O5S. The van der Waals surface area contributed by atoms with Crippen molar-refractivity contribution in [3.05, 3.63) is 18.2 Å². The van der Waals surface area contributed by atoms with Crippen molar-refractivity contribution in [3.8, 4) is 0 Å². The lowest BCUT2D eigenvalue weighted by atomic mass is 10.0. The van der Waals surface area contributed by atoms with E-state index in [2.05, 4.69) is 38.5 Å². The highest BCUT2D eigenvalue weighted by molar-refractivity contribution is 7.80. The van der Waals surface area contributed by atoms with E-state index in [1.54, 1.807) is 13.8 Å². The largest absolute Gasteiger partial charge is 0.480 e. The van der Waals surface area contributed by atoms with Gasteiger partial charge >= 0.3 is 5.97 Å². The summed E-state index contributed by atoms with van der Waals surface area (Å²) in [7, 11) is 0. The normalized spacial score (nSPS) is 15.1. The molecule has 4 unspecified atom stereocenters. The predicted molar refractivity (Wildman–Crippen MR) is 108 cm³/mol. The molecule has 1 rings (SSSR count). The summed E-state index contributed by atoms with van der Waals surface area (Å²) in [6.07, 6.45) is 2.96. The van der Waals surface area contributed by atoms with Crippen molar-refractivity contribution >= 4 is 36.3 Å². The lowest BCUT2D eigenvalue weighted by Crippen LogP contribution is -2.58. The quantitative estimate of drug-likeness (QED) is 0.208. The van der Waals surface area contributed by atoms with Gasteiger partial charge in [-0.1, -0.05) is 13.8 Å². The van der Waals surface area contributed by atoms with E-state index in [9.17, 15) is 19.2 Å². The Morgan fingerprint density at radius 3 is 2.28 bits per heavy atom. The van der Waals surface area contributed by atoms with Crippen LogP contribution in [0.2, 0.25) is 0 Å². The van der Waals surface area contributed by atoms with Crippen LogP contribution in [0, 0.1) is 5.92 Å². The number of carbonyl (C=O) groups excluding carboxylic acids is 3. The first kappa shape index (κ1) is 24.4. The molecule has 162 valence electrons. The van der Waals surface area contributed by atoms with E-state index in [0.717, 1.165) is 0 Å². The van der Waals surface area contributed by atoms with E-state index in [-0.39, 0.29) is 18.1 Å². The number of carboxylic acid groups (broad SMARTS) is 1. The Labute approximate surface area is 174 Å².